The maximum Gasteiger partial charge on any atom is 0.305 e. The minimum absolute atomic E-state index is 0.0214. The first-order valence-corrected chi connectivity index (χ1v) is 8.25. The third-order valence-electron chi connectivity index (χ3n) is 3.74. The van der Waals surface area contributed by atoms with Crippen molar-refractivity contribution in [2.75, 3.05) is 19.7 Å². The van der Waals surface area contributed by atoms with E-state index in [2.05, 4.69) is 9.88 Å². The number of ether oxygens (including phenoxy) is 1. The lowest BCUT2D eigenvalue weighted by atomic mass is 10.1. The number of aromatic nitrogens is 1. The van der Waals surface area contributed by atoms with Gasteiger partial charge in [0.2, 0.25) is 0 Å². The molecule has 0 radical (unpaired) electrons. The number of nitrogens with zero attached hydrogens (tertiary/aromatic N) is 1. The number of nitrogens with one attached hydrogen (secondary N) is 1. The maximum absolute atomic E-state index is 11.7. The summed E-state index contributed by atoms with van der Waals surface area (Å²) in [5, 5.41) is 0. The van der Waals surface area contributed by atoms with Crippen molar-refractivity contribution < 1.29 is 4.74 Å². The number of H-pyrrole nitrogens is 1. The quantitative estimate of drug-likeness (QED) is 0.923. The number of thiazole rings is 1. The monoisotopic (exact) mass is 304 g/mol. The molecule has 0 atom stereocenters. The molecule has 21 heavy (non-hydrogen) atoms. The van der Waals surface area contributed by atoms with E-state index < -0.39 is 0 Å². The largest absolute Gasteiger partial charge is 0.494 e. The summed E-state index contributed by atoms with van der Waals surface area (Å²) in [7, 11) is 0. The zero-order valence-electron chi connectivity index (χ0n) is 12.2. The van der Waals surface area contributed by atoms with Crippen molar-refractivity contribution in [1.29, 1.82) is 0 Å². The standard InChI is InChI=1S/C16H20N2O2S/c1-2-20-13-7-5-12(6-8-13)15-14(21-16(19)17-15)11-18-9-3-4-10-18/h5-8H,2-4,9-11H2,1H3,(H,17,19). The highest BCUT2D eigenvalue weighted by Gasteiger charge is 2.17. The zero-order valence-corrected chi connectivity index (χ0v) is 13.0. The van der Waals surface area contributed by atoms with Crippen molar-refractivity contribution in [1.82, 2.24) is 9.88 Å². The van der Waals surface area contributed by atoms with Gasteiger partial charge in [0.15, 0.2) is 0 Å². The number of rotatable bonds is 5. The van der Waals surface area contributed by atoms with E-state index in [-0.39, 0.29) is 4.87 Å². The van der Waals surface area contributed by atoms with Crippen LogP contribution in [0.5, 0.6) is 5.75 Å². The molecule has 1 aromatic carbocycles. The molecule has 0 bridgehead atoms. The van der Waals surface area contributed by atoms with Crippen LogP contribution in [-0.4, -0.2) is 29.6 Å². The van der Waals surface area contributed by atoms with Gasteiger partial charge in [-0.05, 0) is 62.7 Å². The Labute approximate surface area is 128 Å². The van der Waals surface area contributed by atoms with Crippen LogP contribution in [0.2, 0.25) is 0 Å². The molecule has 5 heteroatoms. The van der Waals surface area contributed by atoms with Crippen LogP contribution in [0, 0.1) is 0 Å². The number of hydrogen-bond donors (Lipinski definition) is 1. The molecule has 2 heterocycles. The van der Waals surface area contributed by atoms with E-state index in [4.69, 9.17) is 4.74 Å². The second kappa shape index (κ2) is 6.45. The predicted molar refractivity (Wildman–Crippen MR) is 86.1 cm³/mol. The first-order chi connectivity index (χ1) is 10.3. The van der Waals surface area contributed by atoms with E-state index in [1.807, 2.05) is 31.2 Å². The molecule has 1 aliphatic rings. The highest BCUT2D eigenvalue weighted by molar-refractivity contribution is 7.09. The molecule has 4 nitrogen and oxygen atoms in total. The molecule has 1 aliphatic heterocycles. The van der Waals surface area contributed by atoms with Gasteiger partial charge in [-0.25, -0.2) is 0 Å². The average Bonchev–Trinajstić information content (AvgIpc) is 3.10. The maximum atomic E-state index is 11.7. The van der Waals surface area contributed by atoms with Crippen LogP contribution in [0.3, 0.4) is 0 Å². The molecule has 0 unspecified atom stereocenters. The third-order valence-corrected chi connectivity index (χ3v) is 4.61. The van der Waals surface area contributed by atoms with Gasteiger partial charge in [0.1, 0.15) is 5.75 Å². The van der Waals surface area contributed by atoms with Crippen molar-refractivity contribution in [2.24, 2.45) is 0 Å². The van der Waals surface area contributed by atoms with Crippen molar-refractivity contribution in [2.45, 2.75) is 26.3 Å². The molecule has 0 spiro atoms. The molecule has 0 amide bonds. The van der Waals surface area contributed by atoms with Gasteiger partial charge in [-0.3, -0.25) is 9.69 Å². The second-order valence-corrected chi connectivity index (χ2v) is 6.32. The molecule has 1 fully saturated rings. The van der Waals surface area contributed by atoms with Crippen LogP contribution in [0.15, 0.2) is 29.1 Å². The lowest BCUT2D eigenvalue weighted by Crippen LogP contribution is -2.18. The zero-order chi connectivity index (χ0) is 14.7. The van der Waals surface area contributed by atoms with Crippen molar-refractivity contribution >= 4 is 11.3 Å². The minimum atomic E-state index is 0.0214. The summed E-state index contributed by atoms with van der Waals surface area (Å²) in [6.07, 6.45) is 2.52. The van der Waals surface area contributed by atoms with Crippen molar-refractivity contribution in [3.8, 4) is 17.0 Å². The summed E-state index contributed by atoms with van der Waals surface area (Å²) in [5.74, 6) is 0.861. The molecule has 112 valence electrons. The van der Waals surface area contributed by atoms with Crippen molar-refractivity contribution in [3.63, 3.8) is 0 Å². The van der Waals surface area contributed by atoms with Crippen molar-refractivity contribution in [3.05, 3.63) is 38.8 Å². The molecule has 2 aromatic rings. The summed E-state index contributed by atoms with van der Waals surface area (Å²) < 4.78 is 5.46. The summed E-state index contributed by atoms with van der Waals surface area (Å²) in [4.78, 5) is 18.3. The molecule has 1 aromatic heterocycles. The fourth-order valence-corrected chi connectivity index (χ4v) is 3.63. The van der Waals surface area contributed by atoms with Gasteiger partial charge in [0.25, 0.3) is 0 Å². The van der Waals surface area contributed by atoms with Gasteiger partial charge in [-0.1, -0.05) is 11.3 Å². The Bertz CT molecular complexity index is 639. The molecular weight excluding hydrogens is 284 g/mol. The fourth-order valence-electron chi connectivity index (χ4n) is 2.73. The number of benzene rings is 1. The Hall–Kier alpha value is -1.59. The number of hydrogen-bond acceptors (Lipinski definition) is 4. The highest BCUT2D eigenvalue weighted by Crippen LogP contribution is 2.27. The number of aromatic amines is 1. The lowest BCUT2D eigenvalue weighted by Gasteiger charge is -2.14. The number of likely N-dealkylation sites (tertiary alicyclic amines) is 1. The van der Waals surface area contributed by atoms with Gasteiger partial charge in [0, 0.05) is 11.4 Å². The Morgan fingerprint density at radius 3 is 2.62 bits per heavy atom. The van der Waals surface area contributed by atoms with Crippen LogP contribution < -0.4 is 9.61 Å². The van der Waals surface area contributed by atoms with Gasteiger partial charge < -0.3 is 9.72 Å². The molecule has 1 N–H and O–H groups in total. The van der Waals surface area contributed by atoms with E-state index in [0.717, 1.165) is 41.5 Å². The third kappa shape index (κ3) is 3.36. The SMILES string of the molecule is CCOc1ccc(-c2[nH]c(=O)sc2CN2CCCC2)cc1. The van der Waals surface area contributed by atoms with Crippen LogP contribution >= 0.6 is 11.3 Å². The van der Waals surface area contributed by atoms with Gasteiger partial charge in [0.05, 0.1) is 12.3 Å². The van der Waals surface area contributed by atoms with Gasteiger partial charge in [-0.2, -0.15) is 0 Å². The van der Waals surface area contributed by atoms with Crippen LogP contribution in [0.4, 0.5) is 0 Å². The molecular formula is C16H20N2O2S. The van der Waals surface area contributed by atoms with E-state index in [1.165, 1.54) is 24.2 Å². The molecule has 0 aliphatic carbocycles. The lowest BCUT2D eigenvalue weighted by molar-refractivity contribution is 0.334. The first-order valence-electron chi connectivity index (χ1n) is 7.44. The summed E-state index contributed by atoms with van der Waals surface area (Å²) in [5.41, 5.74) is 2.01. The Morgan fingerprint density at radius 1 is 1.24 bits per heavy atom. The molecule has 0 saturated carbocycles. The summed E-state index contributed by atoms with van der Waals surface area (Å²) >= 11 is 1.33. The Kier molecular flexibility index (Phi) is 4.41. The van der Waals surface area contributed by atoms with E-state index >= 15 is 0 Å². The first kappa shape index (κ1) is 14.4. The van der Waals surface area contributed by atoms with Crippen LogP contribution in [0.1, 0.15) is 24.6 Å². The fraction of sp³-hybridized carbons (Fsp3) is 0.438. The molecule has 3 rings (SSSR count). The Morgan fingerprint density at radius 2 is 1.95 bits per heavy atom. The topological polar surface area (TPSA) is 45.3 Å². The van der Waals surface area contributed by atoms with Gasteiger partial charge in [-0.15, -0.1) is 0 Å². The van der Waals surface area contributed by atoms with E-state index in [1.54, 1.807) is 0 Å². The van der Waals surface area contributed by atoms with E-state index in [9.17, 15) is 4.79 Å². The van der Waals surface area contributed by atoms with E-state index in [0.29, 0.717) is 6.61 Å². The van der Waals surface area contributed by atoms with Crippen LogP contribution in [-0.2, 0) is 6.54 Å². The normalized spacial score (nSPS) is 15.5. The Balaban J connectivity index is 1.85. The summed E-state index contributed by atoms with van der Waals surface area (Å²) in [6, 6.07) is 7.93. The van der Waals surface area contributed by atoms with Gasteiger partial charge >= 0.3 is 4.87 Å². The highest BCUT2D eigenvalue weighted by atomic mass is 32.1. The average molecular weight is 304 g/mol. The minimum Gasteiger partial charge on any atom is -0.494 e. The predicted octanol–water partition coefficient (Wildman–Crippen LogP) is 3.10. The molecule has 1 saturated heterocycles. The van der Waals surface area contributed by atoms with Crippen LogP contribution in [0.25, 0.3) is 11.3 Å². The smallest absolute Gasteiger partial charge is 0.305 e. The second-order valence-electron chi connectivity index (χ2n) is 5.25. The summed E-state index contributed by atoms with van der Waals surface area (Å²) in [6.45, 7) is 5.77.